The van der Waals surface area contributed by atoms with Crippen LogP contribution in [0.2, 0.25) is 5.02 Å². The van der Waals surface area contributed by atoms with E-state index in [0.29, 0.717) is 39.6 Å². The number of halogens is 3. The molecule has 13 heteroatoms. The van der Waals surface area contributed by atoms with Gasteiger partial charge in [-0.3, -0.25) is 9.97 Å². The average molecular weight is 554 g/mol. The third kappa shape index (κ3) is 4.58. The van der Waals surface area contributed by atoms with E-state index in [9.17, 15) is 14.0 Å². The third-order valence-corrected chi connectivity index (χ3v) is 7.01. The van der Waals surface area contributed by atoms with Gasteiger partial charge in [0.15, 0.2) is 5.82 Å². The van der Waals surface area contributed by atoms with Gasteiger partial charge in [0.2, 0.25) is 5.95 Å². The first kappa shape index (κ1) is 25.6. The molecule has 0 spiro atoms. The molecule has 1 aliphatic carbocycles. The Morgan fingerprint density at radius 2 is 1.98 bits per heavy atom. The summed E-state index contributed by atoms with van der Waals surface area (Å²) in [6, 6.07) is 10.3. The van der Waals surface area contributed by atoms with Crippen molar-refractivity contribution >= 4 is 47.4 Å². The van der Waals surface area contributed by atoms with E-state index in [1.54, 1.807) is 29.1 Å². The van der Waals surface area contributed by atoms with Gasteiger partial charge in [-0.2, -0.15) is 9.65 Å². The van der Waals surface area contributed by atoms with Crippen LogP contribution in [0, 0.1) is 30.0 Å². The maximum absolute atomic E-state index is 13.9. The number of aryl methyl sites for hydroxylation is 1. The summed E-state index contributed by atoms with van der Waals surface area (Å²) in [5.74, 6) is -2.37. The van der Waals surface area contributed by atoms with Crippen LogP contribution in [0.4, 0.5) is 25.8 Å². The Bertz CT molecular complexity index is 1820. The fraction of sp³-hybridized carbons (Fsp3) is 0.185. The molecular formula is C27H19BClF2N9. The second-order valence-corrected chi connectivity index (χ2v) is 9.93. The molecular weight excluding hydrogens is 535 g/mol. The van der Waals surface area contributed by atoms with Crippen molar-refractivity contribution < 1.29 is 8.78 Å². The summed E-state index contributed by atoms with van der Waals surface area (Å²) in [6.07, 6.45) is 8.01. The number of anilines is 3. The zero-order valence-corrected chi connectivity index (χ0v) is 21.8. The lowest BCUT2D eigenvalue weighted by molar-refractivity contribution is 0.480. The van der Waals surface area contributed by atoms with E-state index in [1.165, 1.54) is 6.20 Å². The van der Waals surface area contributed by atoms with Crippen LogP contribution in [0.15, 0.2) is 55.1 Å². The van der Waals surface area contributed by atoms with Gasteiger partial charge in [-0.1, -0.05) is 22.9 Å². The van der Waals surface area contributed by atoms with Gasteiger partial charge >= 0.3 is 0 Å². The average Bonchev–Trinajstić information content (AvgIpc) is 3.66. The number of nitrogens with one attached hydrogen (secondary N) is 2. The number of nitriles is 1. The summed E-state index contributed by atoms with van der Waals surface area (Å²) < 4.78 is 29.1. The Morgan fingerprint density at radius 1 is 1.15 bits per heavy atom. The highest BCUT2D eigenvalue weighted by atomic mass is 35.5. The Morgan fingerprint density at radius 3 is 2.70 bits per heavy atom. The normalized spacial score (nSPS) is 14.5. The summed E-state index contributed by atoms with van der Waals surface area (Å²) in [4.78, 5) is 12.2. The Balaban J connectivity index is 1.49. The van der Waals surface area contributed by atoms with Gasteiger partial charge in [0.1, 0.15) is 19.6 Å². The van der Waals surface area contributed by atoms with Crippen LogP contribution >= 0.6 is 11.6 Å². The molecule has 1 fully saturated rings. The number of rotatable bonds is 7. The smallest absolute Gasteiger partial charge is 0.249 e. The van der Waals surface area contributed by atoms with Crippen molar-refractivity contribution in [2.24, 2.45) is 0 Å². The first-order valence-electron chi connectivity index (χ1n) is 12.3. The molecule has 0 saturated heterocycles. The maximum atomic E-state index is 13.9. The number of fused-ring (bicyclic) bond motifs is 1. The number of nitrogens with zero attached hydrogens (tertiary/aromatic N) is 7. The molecule has 4 heterocycles. The molecule has 196 valence electrons. The van der Waals surface area contributed by atoms with Crippen LogP contribution in [0.5, 0.6) is 0 Å². The van der Waals surface area contributed by atoms with Crippen molar-refractivity contribution in [1.82, 2.24) is 29.9 Å². The molecule has 6 rings (SSSR count). The second kappa shape index (κ2) is 9.84. The van der Waals surface area contributed by atoms with E-state index < -0.39 is 17.2 Å². The van der Waals surface area contributed by atoms with E-state index in [0.717, 1.165) is 25.1 Å². The minimum atomic E-state index is -1.36. The molecule has 9 nitrogen and oxygen atoms in total. The van der Waals surface area contributed by atoms with Gasteiger partial charge in [-0.15, -0.1) is 5.10 Å². The van der Waals surface area contributed by atoms with Crippen molar-refractivity contribution in [3.05, 3.63) is 94.4 Å². The van der Waals surface area contributed by atoms with Crippen LogP contribution in [-0.4, -0.2) is 37.8 Å². The summed E-state index contributed by atoms with van der Waals surface area (Å²) in [6.45, 7) is 1.85. The molecule has 1 atom stereocenters. The standard InChI is InChI=1S/C27H19BClF2N9/c1-14-20(3-2-6-33-14)27(28,23-13-40(39-38-23)18-4-5-18)37-16-7-19-24(36-17-9-22(30)26(31)35-12-17)15(10-32)11-34-25(19)21(29)8-16/h2-3,6-9,11-13,18,37H,4-5H2,1H3,(H,34,36). The van der Waals surface area contributed by atoms with Gasteiger partial charge in [-0.05, 0) is 43.5 Å². The number of hydrogen-bond acceptors (Lipinski definition) is 8. The second-order valence-electron chi connectivity index (χ2n) is 9.52. The van der Waals surface area contributed by atoms with E-state index in [1.807, 2.05) is 19.2 Å². The molecule has 40 heavy (non-hydrogen) atoms. The monoisotopic (exact) mass is 553 g/mol. The van der Waals surface area contributed by atoms with Crippen molar-refractivity contribution in [1.29, 1.82) is 5.26 Å². The SMILES string of the molecule is [B]C(Nc1cc(Cl)c2ncc(C#N)c(Nc3cnc(F)c(F)c3)c2c1)(c1cn(C2CC2)nn1)c1cccnc1C. The highest BCUT2D eigenvalue weighted by Crippen LogP contribution is 2.39. The maximum Gasteiger partial charge on any atom is 0.249 e. The molecule has 4 aromatic heterocycles. The molecule has 0 bridgehead atoms. The van der Waals surface area contributed by atoms with Crippen LogP contribution in [0.1, 0.15) is 41.4 Å². The zero-order chi connectivity index (χ0) is 28.0. The Labute approximate surface area is 233 Å². The summed E-state index contributed by atoms with van der Waals surface area (Å²) >= 11 is 6.66. The lowest BCUT2D eigenvalue weighted by Crippen LogP contribution is -2.38. The molecule has 0 amide bonds. The van der Waals surface area contributed by atoms with Crippen LogP contribution in [0.3, 0.4) is 0 Å². The molecule has 1 aliphatic rings. The van der Waals surface area contributed by atoms with E-state index in [4.69, 9.17) is 19.4 Å². The predicted molar refractivity (Wildman–Crippen MR) is 146 cm³/mol. The zero-order valence-electron chi connectivity index (χ0n) is 21.0. The van der Waals surface area contributed by atoms with E-state index >= 15 is 0 Å². The predicted octanol–water partition coefficient (Wildman–Crippen LogP) is 5.29. The van der Waals surface area contributed by atoms with Crippen LogP contribution < -0.4 is 10.6 Å². The lowest BCUT2D eigenvalue weighted by atomic mass is 9.69. The minimum Gasteiger partial charge on any atom is -0.378 e. The topological polar surface area (TPSA) is 117 Å². The highest BCUT2D eigenvalue weighted by molar-refractivity contribution is 6.36. The lowest BCUT2D eigenvalue weighted by Gasteiger charge is -2.32. The number of hydrogen-bond donors (Lipinski definition) is 2. The highest BCUT2D eigenvalue weighted by Gasteiger charge is 2.35. The van der Waals surface area contributed by atoms with Gasteiger partial charge in [-0.25, -0.2) is 14.1 Å². The minimum absolute atomic E-state index is 0.133. The largest absolute Gasteiger partial charge is 0.378 e. The fourth-order valence-corrected chi connectivity index (χ4v) is 4.83. The molecule has 1 saturated carbocycles. The number of aromatic nitrogens is 6. The van der Waals surface area contributed by atoms with Crippen molar-refractivity contribution in [3.63, 3.8) is 0 Å². The summed E-state index contributed by atoms with van der Waals surface area (Å²) in [5.41, 5.74) is 1.90. The third-order valence-electron chi connectivity index (χ3n) is 6.72. The first-order chi connectivity index (χ1) is 19.3. The molecule has 2 radical (unpaired) electrons. The van der Waals surface area contributed by atoms with Crippen molar-refractivity contribution in [2.75, 3.05) is 10.6 Å². The van der Waals surface area contributed by atoms with Crippen molar-refractivity contribution in [3.8, 4) is 6.07 Å². The quantitative estimate of drug-likeness (QED) is 0.206. The van der Waals surface area contributed by atoms with Crippen LogP contribution in [-0.2, 0) is 5.44 Å². The Hall–Kier alpha value is -4.63. The van der Waals surface area contributed by atoms with E-state index in [-0.39, 0.29) is 22.0 Å². The first-order valence-corrected chi connectivity index (χ1v) is 12.7. The van der Waals surface area contributed by atoms with Crippen LogP contribution in [0.25, 0.3) is 10.9 Å². The molecule has 5 aromatic rings. The molecule has 1 unspecified atom stereocenters. The fourth-order valence-electron chi connectivity index (χ4n) is 4.56. The van der Waals surface area contributed by atoms with Gasteiger partial charge < -0.3 is 10.6 Å². The summed E-state index contributed by atoms with van der Waals surface area (Å²) in [5, 5.41) is 25.5. The molecule has 2 N–H and O–H groups in total. The number of benzene rings is 1. The summed E-state index contributed by atoms with van der Waals surface area (Å²) in [7, 11) is 7.07. The van der Waals surface area contributed by atoms with Gasteiger partial charge in [0.05, 0.1) is 51.4 Å². The van der Waals surface area contributed by atoms with Gasteiger partial charge in [0.25, 0.3) is 0 Å². The molecule has 1 aromatic carbocycles. The Kier molecular flexibility index (Phi) is 6.31. The van der Waals surface area contributed by atoms with Crippen molar-refractivity contribution in [2.45, 2.75) is 31.2 Å². The molecule has 0 aliphatic heterocycles. The number of pyridine rings is 3. The van der Waals surface area contributed by atoms with E-state index in [2.05, 4.69) is 42.0 Å². The van der Waals surface area contributed by atoms with Gasteiger partial charge in [0, 0.05) is 35.2 Å².